The van der Waals surface area contributed by atoms with Crippen LogP contribution in [0.2, 0.25) is 0 Å². The maximum Gasteiger partial charge on any atom is 0.146 e. The Bertz CT molecular complexity index is 775. The number of hydrogen-bond donors (Lipinski definition) is 0. The van der Waals surface area contributed by atoms with Gasteiger partial charge in [0.2, 0.25) is 0 Å². The molecule has 0 N–H and O–H groups in total. The lowest BCUT2D eigenvalue weighted by atomic mass is 10.2. The number of aryl methyl sites for hydroxylation is 1. The topological polar surface area (TPSA) is 27.1 Å². The third kappa shape index (κ3) is 2.38. The first-order valence-corrected chi connectivity index (χ1v) is 7.32. The molecule has 3 rings (SSSR count). The molecule has 0 radical (unpaired) electrons. The van der Waals surface area contributed by atoms with Crippen LogP contribution in [-0.4, -0.2) is 16.7 Å². The number of hydrogen-bond acceptors (Lipinski definition) is 2. The summed E-state index contributed by atoms with van der Waals surface area (Å²) in [5.41, 5.74) is 4.11. The minimum atomic E-state index is -0.191. The van der Waals surface area contributed by atoms with E-state index < -0.39 is 0 Å². The van der Waals surface area contributed by atoms with Gasteiger partial charge in [0, 0.05) is 5.69 Å². The third-order valence-electron chi connectivity index (χ3n) is 3.54. The van der Waals surface area contributed by atoms with Crippen LogP contribution < -0.4 is 4.74 Å². The standard InChI is InChI=1S/C17H17ClN2O/c1-11-7-9-13(10-8-11)20-14-5-4-6-15(21-3)16(14)19-17(20)12(2)18/h4-10,12H,1-3H3. The zero-order valence-corrected chi connectivity index (χ0v) is 13.1. The smallest absolute Gasteiger partial charge is 0.146 e. The van der Waals surface area contributed by atoms with Crippen LogP contribution in [0.5, 0.6) is 5.75 Å². The van der Waals surface area contributed by atoms with Crippen LogP contribution in [-0.2, 0) is 0 Å². The fraction of sp³-hybridized carbons (Fsp3) is 0.235. The van der Waals surface area contributed by atoms with Crippen molar-refractivity contribution in [3.05, 3.63) is 53.9 Å². The highest BCUT2D eigenvalue weighted by Crippen LogP contribution is 2.32. The number of alkyl halides is 1. The van der Waals surface area contributed by atoms with Gasteiger partial charge in [0.15, 0.2) is 0 Å². The van der Waals surface area contributed by atoms with E-state index in [2.05, 4.69) is 40.7 Å². The summed E-state index contributed by atoms with van der Waals surface area (Å²) in [5.74, 6) is 1.58. The van der Waals surface area contributed by atoms with Crippen LogP contribution in [0.3, 0.4) is 0 Å². The Labute approximate surface area is 129 Å². The second-order valence-electron chi connectivity index (χ2n) is 5.08. The van der Waals surface area contributed by atoms with Gasteiger partial charge in [-0.05, 0) is 38.1 Å². The van der Waals surface area contributed by atoms with Crippen LogP contribution in [0.1, 0.15) is 23.7 Å². The van der Waals surface area contributed by atoms with E-state index in [1.165, 1.54) is 5.56 Å². The number of halogens is 1. The zero-order valence-electron chi connectivity index (χ0n) is 12.3. The normalized spacial score (nSPS) is 12.6. The number of benzene rings is 2. The van der Waals surface area contributed by atoms with E-state index >= 15 is 0 Å². The molecule has 0 aliphatic rings. The molecule has 108 valence electrons. The molecule has 1 heterocycles. The molecule has 0 spiro atoms. The Morgan fingerprint density at radius 2 is 1.86 bits per heavy atom. The zero-order chi connectivity index (χ0) is 15.0. The summed E-state index contributed by atoms with van der Waals surface area (Å²) in [5, 5.41) is -0.191. The van der Waals surface area contributed by atoms with E-state index in [-0.39, 0.29) is 5.38 Å². The van der Waals surface area contributed by atoms with Crippen molar-refractivity contribution in [1.82, 2.24) is 9.55 Å². The first-order chi connectivity index (χ1) is 10.1. The highest BCUT2D eigenvalue weighted by molar-refractivity contribution is 6.20. The van der Waals surface area contributed by atoms with Crippen LogP contribution in [0.4, 0.5) is 0 Å². The molecule has 1 aromatic heterocycles. The molecule has 3 aromatic rings. The van der Waals surface area contributed by atoms with Gasteiger partial charge in [-0.15, -0.1) is 11.6 Å². The van der Waals surface area contributed by atoms with Crippen LogP contribution in [0.25, 0.3) is 16.7 Å². The Balaban J connectivity index is 2.33. The minimum absolute atomic E-state index is 0.191. The van der Waals surface area contributed by atoms with E-state index in [1.54, 1.807) is 7.11 Å². The van der Waals surface area contributed by atoms with E-state index in [9.17, 15) is 0 Å². The predicted molar refractivity (Wildman–Crippen MR) is 86.6 cm³/mol. The largest absolute Gasteiger partial charge is 0.494 e. The molecule has 1 atom stereocenters. The summed E-state index contributed by atoms with van der Waals surface area (Å²) in [6.45, 7) is 4.00. The average Bonchev–Trinajstić information content (AvgIpc) is 2.87. The van der Waals surface area contributed by atoms with Gasteiger partial charge in [-0.1, -0.05) is 23.8 Å². The maximum atomic E-state index is 6.33. The summed E-state index contributed by atoms with van der Waals surface area (Å²) in [6.07, 6.45) is 0. The number of aromatic nitrogens is 2. The number of methoxy groups -OCH3 is 1. The lowest BCUT2D eigenvalue weighted by Crippen LogP contribution is -2.01. The van der Waals surface area contributed by atoms with E-state index in [0.717, 1.165) is 28.3 Å². The fourth-order valence-electron chi connectivity index (χ4n) is 2.49. The van der Waals surface area contributed by atoms with E-state index in [1.807, 2.05) is 25.1 Å². The third-order valence-corrected chi connectivity index (χ3v) is 3.74. The lowest BCUT2D eigenvalue weighted by molar-refractivity contribution is 0.419. The molecule has 0 aliphatic heterocycles. The second-order valence-corrected chi connectivity index (χ2v) is 5.74. The molecule has 0 saturated carbocycles. The molecule has 0 amide bonds. The Morgan fingerprint density at radius 3 is 2.48 bits per heavy atom. The maximum absolute atomic E-state index is 6.33. The number of ether oxygens (including phenoxy) is 1. The molecule has 0 aliphatic carbocycles. The number of para-hydroxylation sites is 1. The number of nitrogens with zero attached hydrogens (tertiary/aromatic N) is 2. The van der Waals surface area contributed by atoms with Crippen LogP contribution in [0.15, 0.2) is 42.5 Å². The quantitative estimate of drug-likeness (QED) is 0.659. The van der Waals surface area contributed by atoms with Crippen molar-refractivity contribution >= 4 is 22.6 Å². The Kier molecular flexibility index (Phi) is 3.60. The average molecular weight is 301 g/mol. The van der Waals surface area contributed by atoms with Crippen molar-refractivity contribution < 1.29 is 4.74 Å². The summed E-state index contributed by atoms with van der Waals surface area (Å²) < 4.78 is 7.50. The number of fused-ring (bicyclic) bond motifs is 1. The van der Waals surface area contributed by atoms with Crippen molar-refractivity contribution in [1.29, 1.82) is 0 Å². The highest BCUT2D eigenvalue weighted by Gasteiger charge is 2.18. The van der Waals surface area contributed by atoms with Gasteiger partial charge in [-0.3, -0.25) is 4.57 Å². The van der Waals surface area contributed by atoms with Gasteiger partial charge >= 0.3 is 0 Å². The predicted octanol–water partition coefficient (Wildman–Crippen LogP) is 4.64. The van der Waals surface area contributed by atoms with Crippen molar-refractivity contribution in [2.24, 2.45) is 0 Å². The second kappa shape index (κ2) is 5.41. The number of rotatable bonds is 3. The summed E-state index contributed by atoms with van der Waals surface area (Å²) in [6, 6.07) is 14.3. The van der Waals surface area contributed by atoms with Gasteiger partial charge in [-0.25, -0.2) is 4.98 Å². The molecular weight excluding hydrogens is 284 g/mol. The highest BCUT2D eigenvalue weighted by atomic mass is 35.5. The SMILES string of the molecule is COc1cccc2c1nc(C(C)Cl)n2-c1ccc(C)cc1. The molecule has 0 saturated heterocycles. The molecule has 1 unspecified atom stereocenters. The molecule has 3 nitrogen and oxygen atoms in total. The minimum Gasteiger partial charge on any atom is -0.494 e. The molecule has 0 bridgehead atoms. The van der Waals surface area contributed by atoms with Crippen molar-refractivity contribution in [3.8, 4) is 11.4 Å². The van der Waals surface area contributed by atoms with Gasteiger partial charge in [-0.2, -0.15) is 0 Å². The fourth-order valence-corrected chi connectivity index (χ4v) is 2.63. The van der Waals surface area contributed by atoms with Gasteiger partial charge in [0.25, 0.3) is 0 Å². The van der Waals surface area contributed by atoms with E-state index in [4.69, 9.17) is 16.3 Å². The summed E-state index contributed by atoms with van der Waals surface area (Å²) >= 11 is 6.33. The molecule has 4 heteroatoms. The first-order valence-electron chi connectivity index (χ1n) is 6.88. The van der Waals surface area contributed by atoms with Crippen LogP contribution >= 0.6 is 11.6 Å². The molecule has 0 fully saturated rings. The Morgan fingerprint density at radius 1 is 1.14 bits per heavy atom. The van der Waals surface area contributed by atoms with Gasteiger partial charge in [0.05, 0.1) is 18.0 Å². The number of imidazole rings is 1. The molecule has 21 heavy (non-hydrogen) atoms. The monoisotopic (exact) mass is 300 g/mol. The van der Waals surface area contributed by atoms with Crippen LogP contribution in [0, 0.1) is 6.92 Å². The van der Waals surface area contributed by atoms with Gasteiger partial charge < -0.3 is 4.74 Å². The van der Waals surface area contributed by atoms with Crippen molar-refractivity contribution in [2.45, 2.75) is 19.2 Å². The van der Waals surface area contributed by atoms with Crippen molar-refractivity contribution in [2.75, 3.05) is 7.11 Å². The molecule has 2 aromatic carbocycles. The lowest BCUT2D eigenvalue weighted by Gasteiger charge is -2.11. The first kappa shape index (κ1) is 14.0. The van der Waals surface area contributed by atoms with Gasteiger partial charge in [0.1, 0.15) is 17.1 Å². The Hall–Kier alpha value is -2.00. The summed E-state index contributed by atoms with van der Waals surface area (Å²) in [4.78, 5) is 4.69. The van der Waals surface area contributed by atoms with E-state index in [0.29, 0.717) is 0 Å². The van der Waals surface area contributed by atoms with Crippen molar-refractivity contribution in [3.63, 3.8) is 0 Å². The summed E-state index contributed by atoms with van der Waals surface area (Å²) in [7, 11) is 1.66. The molecular formula is C17H17ClN2O.